The summed E-state index contributed by atoms with van der Waals surface area (Å²) in [7, 11) is 0. The number of rotatable bonds is 5. The molecule has 0 unspecified atom stereocenters. The Labute approximate surface area is 101 Å². The zero-order valence-electron chi connectivity index (χ0n) is 9.93. The summed E-state index contributed by atoms with van der Waals surface area (Å²) >= 11 is 0. The Morgan fingerprint density at radius 2 is 2.29 bits per heavy atom. The van der Waals surface area contributed by atoms with Gasteiger partial charge >= 0.3 is 5.97 Å². The maximum absolute atomic E-state index is 10.7. The van der Waals surface area contributed by atoms with E-state index >= 15 is 0 Å². The molecular weight excluding hydrogens is 218 g/mol. The molecule has 92 valence electrons. The van der Waals surface area contributed by atoms with Crippen LogP contribution in [0.4, 0.5) is 0 Å². The van der Waals surface area contributed by atoms with Crippen LogP contribution < -0.4 is 4.74 Å². The molecule has 1 aliphatic heterocycles. The molecule has 1 saturated heterocycles. The SMILES string of the molecule is CCOc1cccc(CN2CC(C(=O)O)C2)c1. The molecule has 1 aliphatic rings. The van der Waals surface area contributed by atoms with Crippen molar-refractivity contribution < 1.29 is 14.6 Å². The smallest absolute Gasteiger partial charge is 0.309 e. The number of carboxylic acids is 1. The average Bonchev–Trinajstić information content (AvgIpc) is 2.23. The molecule has 4 heteroatoms. The maximum atomic E-state index is 10.7. The van der Waals surface area contributed by atoms with E-state index in [-0.39, 0.29) is 5.92 Å². The first-order chi connectivity index (χ1) is 8.19. The largest absolute Gasteiger partial charge is 0.494 e. The molecule has 0 atom stereocenters. The van der Waals surface area contributed by atoms with E-state index in [0.29, 0.717) is 19.7 Å². The maximum Gasteiger partial charge on any atom is 0.309 e. The van der Waals surface area contributed by atoms with Gasteiger partial charge in [-0.1, -0.05) is 12.1 Å². The Morgan fingerprint density at radius 1 is 1.53 bits per heavy atom. The number of hydrogen-bond acceptors (Lipinski definition) is 3. The number of aliphatic carboxylic acids is 1. The fourth-order valence-electron chi connectivity index (χ4n) is 2.01. The number of ether oxygens (including phenoxy) is 1. The van der Waals surface area contributed by atoms with Crippen molar-refractivity contribution in [1.29, 1.82) is 0 Å². The monoisotopic (exact) mass is 235 g/mol. The van der Waals surface area contributed by atoms with Gasteiger partial charge in [-0.2, -0.15) is 0 Å². The molecule has 1 aromatic carbocycles. The topological polar surface area (TPSA) is 49.8 Å². The molecule has 1 fully saturated rings. The summed E-state index contributed by atoms with van der Waals surface area (Å²) in [4.78, 5) is 12.8. The number of nitrogens with zero attached hydrogens (tertiary/aromatic N) is 1. The lowest BCUT2D eigenvalue weighted by molar-refractivity contribution is -0.147. The van der Waals surface area contributed by atoms with Gasteiger partial charge in [0.2, 0.25) is 0 Å². The van der Waals surface area contributed by atoms with Gasteiger partial charge in [-0.15, -0.1) is 0 Å². The second kappa shape index (κ2) is 5.19. The lowest BCUT2D eigenvalue weighted by atomic mass is 9.99. The molecule has 17 heavy (non-hydrogen) atoms. The summed E-state index contributed by atoms with van der Waals surface area (Å²) in [5.41, 5.74) is 1.17. The van der Waals surface area contributed by atoms with Gasteiger partial charge < -0.3 is 9.84 Å². The Kier molecular flexibility index (Phi) is 3.64. The Hall–Kier alpha value is -1.55. The van der Waals surface area contributed by atoms with E-state index in [1.165, 1.54) is 5.56 Å². The summed E-state index contributed by atoms with van der Waals surface area (Å²) in [6.07, 6.45) is 0. The minimum atomic E-state index is -0.690. The first kappa shape index (κ1) is 11.9. The van der Waals surface area contributed by atoms with Crippen molar-refractivity contribution in [3.8, 4) is 5.75 Å². The van der Waals surface area contributed by atoms with Gasteiger partial charge in [0.25, 0.3) is 0 Å². The lowest BCUT2D eigenvalue weighted by Crippen LogP contribution is -2.49. The number of benzene rings is 1. The van der Waals surface area contributed by atoms with Crippen molar-refractivity contribution in [3.63, 3.8) is 0 Å². The summed E-state index contributed by atoms with van der Waals surface area (Å²) in [6.45, 7) is 4.71. The van der Waals surface area contributed by atoms with E-state index in [4.69, 9.17) is 9.84 Å². The van der Waals surface area contributed by atoms with Gasteiger partial charge in [-0.3, -0.25) is 9.69 Å². The predicted octanol–water partition coefficient (Wildman–Crippen LogP) is 1.60. The van der Waals surface area contributed by atoms with E-state index in [1.807, 2.05) is 31.2 Å². The van der Waals surface area contributed by atoms with Gasteiger partial charge in [-0.05, 0) is 24.6 Å². The van der Waals surface area contributed by atoms with Crippen LogP contribution in [0.5, 0.6) is 5.75 Å². The third-order valence-electron chi connectivity index (χ3n) is 2.92. The van der Waals surface area contributed by atoms with Crippen LogP contribution in [-0.4, -0.2) is 35.7 Å². The summed E-state index contributed by atoms with van der Waals surface area (Å²) in [5.74, 6) is -0.00491. The van der Waals surface area contributed by atoms with Gasteiger partial charge in [0.05, 0.1) is 12.5 Å². The van der Waals surface area contributed by atoms with Crippen molar-refractivity contribution in [2.45, 2.75) is 13.5 Å². The van der Waals surface area contributed by atoms with Crippen LogP contribution in [0.25, 0.3) is 0 Å². The van der Waals surface area contributed by atoms with Gasteiger partial charge in [0.1, 0.15) is 5.75 Å². The Morgan fingerprint density at radius 3 is 2.94 bits per heavy atom. The third kappa shape index (κ3) is 2.97. The van der Waals surface area contributed by atoms with Crippen molar-refractivity contribution >= 4 is 5.97 Å². The Balaban J connectivity index is 1.87. The molecule has 0 spiro atoms. The van der Waals surface area contributed by atoms with E-state index in [9.17, 15) is 4.79 Å². The van der Waals surface area contributed by atoms with Gasteiger partial charge in [0.15, 0.2) is 0 Å². The molecule has 4 nitrogen and oxygen atoms in total. The average molecular weight is 235 g/mol. The van der Waals surface area contributed by atoms with E-state index < -0.39 is 5.97 Å². The van der Waals surface area contributed by atoms with Crippen LogP contribution in [0.15, 0.2) is 24.3 Å². The molecule has 0 aliphatic carbocycles. The van der Waals surface area contributed by atoms with Crippen molar-refractivity contribution in [1.82, 2.24) is 4.90 Å². The summed E-state index contributed by atoms with van der Waals surface area (Å²) in [6, 6.07) is 7.95. The standard InChI is InChI=1S/C13H17NO3/c1-2-17-12-5-3-4-10(6-12)7-14-8-11(9-14)13(15)16/h3-6,11H,2,7-9H2,1H3,(H,15,16). The highest BCUT2D eigenvalue weighted by Gasteiger charge is 2.32. The van der Waals surface area contributed by atoms with E-state index in [0.717, 1.165) is 12.3 Å². The van der Waals surface area contributed by atoms with Crippen LogP contribution in [0, 0.1) is 5.92 Å². The van der Waals surface area contributed by atoms with Crippen LogP contribution >= 0.6 is 0 Å². The lowest BCUT2D eigenvalue weighted by Gasteiger charge is -2.36. The Bertz CT molecular complexity index is 399. The van der Waals surface area contributed by atoms with Crippen LogP contribution in [-0.2, 0) is 11.3 Å². The zero-order valence-corrected chi connectivity index (χ0v) is 9.93. The van der Waals surface area contributed by atoms with Crippen LogP contribution in [0.1, 0.15) is 12.5 Å². The number of hydrogen-bond donors (Lipinski definition) is 1. The molecule has 2 rings (SSSR count). The van der Waals surface area contributed by atoms with Gasteiger partial charge in [0, 0.05) is 19.6 Å². The molecule has 0 bridgehead atoms. The fraction of sp³-hybridized carbons (Fsp3) is 0.462. The number of likely N-dealkylation sites (tertiary alicyclic amines) is 1. The van der Waals surface area contributed by atoms with Crippen molar-refractivity contribution in [3.05, 3.63) is 29.8 Å². The summed E-state index contributed by atoms with van der Waals surface area (Å²) < 4.78 is 5.43. The summed E-state index contributed by atoms with van der Waals surface area (Å²) in [5, 5.41) is 8.78. The first-order valence-corrected chi connectivity index (χ1v) is 5.86. The minimum absolute atomic E-state index is 0.190. The molecular formula is C13H17NO3. The predicted molar refractivity (Wildman–Crippen MR) is 64.0 cm³/mol. The molecule has 1 N–H and O–H groups in total. The highest BCUT2D eigenvalue weighted by Crippen LogP contribution is 2.21. The first-order valence-electron chi connectivity index (χ1n) is 5.86. The van der Waals surface area contributed by atoms with Crippen LogP contribution in [0.2, 0.25) is 0 Å². The molecule has 1 heterocycles. The second-order valence-electron chi connectivity index (χ2n) is 4.31. The third-order valence-corrected chi connectivity index (χ3v) is 2.92. The fourth-order valence-corrected chi connectivity index (χ4v) is 2.01. The van der Waals surface area contributed by atoms with Crippen molar-refractivity contribution in [2.75, 3.05) is 19.7 Å². The van der Waals surface area contributed by atoms with Crippen LogP contribution in [0.3, 0.4) is 0 Å². The minimum Gasteiger partial charge on any atom is -0.494 e. The highest BCUT2D eigenvalue weighted by atomic mass is 16.5. The highest BCUT2D eigenvalue weighted by molar-refractivity contribution is 5.71. The molecule has 0 radical (unpaired) electrons. The number of carbonyl (C=O) groups is 1. The quantitative estimate of drug-likeness (QED) is 0.842. The van der Waals surface area contributed by atoms with Gasteiger partial charge in [-0.25, -0.2) is 0 Å². The molecule has 0 aromatic heterocycles. The molecule has 0 amide bonds. The van der Waals surface area contributed by atoms with Crippen molar-refractivity contribution in [2.24, 2.45) is 5.92 Å². The number of carboxylic acid groups (broad SMARTS) is 1. The zero-order chi connectivity index (χ0) is 12.3. The van der Waals surface area contributed by atoms with E-state index in [1.54, 1.807) is 0 Å². The normalized spacial score (nSPS) is 16.5. The molecule has 1 aromatic rings. The van der Waals surface area contributed by atoms with E-state index in [2.05, 4.69) is 4.90 Å². The second-order valence-corrected chi connectivity index (χ2v) is 4.31. The molecule has 0 saturated carbocycles.